The molecular weight excluding hydrogens is 474 g/mol. The van der Waals surface area contributed by atoms with Crippen LogP contribution in [-0.4, -0.2) is 62.3 Å². The van der Waals surface area contributed by atoms with Crippen LogP contribution in [0.1, 0.15) is 47.5 Å². The van der Waals surface area contributed by atoms with E-state index in [2.05, 4.69) is 24.1 Å². The van der Waals surface area contributed by atoms with Gasteiger partial charge < -0.3 is 10.1 Å². The molecule has 0 spiro atoms. The Balaban J connectivity index is 1.54. The van der Waals surface area contributed by atoms with Gasteiger partial charge in [0.1, 0.15) is 5.00 Å². The summed E-state index contributed by atoms with van der Waals surface area (Å²) in [6.07, 6.45) is 1.90. The number of thiophene rings is 1. The Labute approximate surface area is 204 Å². The van der Waals surface area contributed by atoms with Gasteiger partial charge in [-0.2, -0.15) is 4.31 Å². The van der Waals surface area contributed by atoms with E-state index in [1.54, 1.807) is 30.3 Å². The number of nitrogens with one attached hydrogen (secondary N) is 1. The number of rotatable bonds is 6. The number of carbonyl (C=O) groups is 2. The molecule has 4 rings (SSSR count). The monoisotopic (exact) mass is 505 g/mol. The number of ether oxygens (including phenoxy) is 1. The third-order valence-electron chi connectivity index (χ3n) is 6.58. The maximum absolute atomic E-state index is 13.2. The van der Waals surface area contributed by atoms with Gasteiger partial charge in [-0.15, -0.1) is 11.3 Å². The Morgan fingerprint density at radius 1 is 1.18 bits per heavy atom. The molecule has 8 nitrogen and oxygen atoms in total. The lowest BCUT2D eigenvalue weighted by Crippen LogP contribution is -2.43. The topological polar surface area (TPSA) is 96.0 Å². The van der Waals surface area contributed by atoms with Crippen molar-refractivity contribution in [3.8, 4) is 0 Å². The largest absolute Gasteiger partial charge is 0.465 e. The third kappa shape index (κ3) is 4.91. The maximum atomic E-state index is 13.2. The molecule has 10 heteroatoms. The van der Waals surface area contributed by atoms with E-state index in [-0.39, 0.29) is 17.3 Å². The standard InChI is InChI=1S/C24H31N3O5S2/c1-16(2)26-13-11-19-20(15-26)33-23(21(19)24(29)32-3)25-22(28)17-8-7-12-27(14-17)34(30,31)18-9-5-4-6-10-18/h4-6,9-10,16-17H,7-8,11-15H2,1-3H3,(H,25,28). The van der Waals surface area contributed by atoms with E-state index in [1.165, 1.54) is 22.8 Å². The van der Waals surface area contributed by atoms with Crippen LogP contribution in [0.2, 0.25) is 0 Å². The summed E-state index contributed by atoms with van der Waals surface area (Å²) in [6, 6.07) is 8.67. The summed E-state index contributed by atoms with van der Waals surface area (Å²) in [7, 11) is -2.33. The van der Waals surface area contributed by atoms with Gasteiger partial charge in [0, 0.05) is 37.1 Å². The molecule has 1 aromatic heterocycles. The highest BCUT2D eigenvalue weighted by Crippen LogP contribution is 2.38. The molecule has 1 unspecified atom stereocenters. The predicted octanol–water partition coefficient (Wildman–Crippen LogP) is 3.34. The summed E-state index contributed by atoms with van der Waals surface area (Å²) in [6.45, 7) is 6.34. The van der Waals surface area contributed by atoms with E-state index in [4.69, 9.17) is 4.74 Å². The van der Waals surface area contributed by atoms with E-state index in [0.717, 1.165) is 30.0 Å². The molecule has 0 bridgehead atoms. The molecule has 184 valence electrons. The minimum atomic E-state index is -3.67. The van der Waals surface area contributed by atoms with Gasteiger partial charge in [-0.1, -0.05) is 18.2 Å². The quantitative estimate of drug-likeness (QED) is 0.605. The van der Waals surface area contributed by atoms with Gasteiger partial charge in [-0.3, -0.25) is 9.69 Å². The van der Waals surface area contributed by atoms with Gasteiger partial charge in [0.15, 0.2) is 0 Å². The first-order valence-corrected chi connectivity index (χ1v) is 13.8. The number of sulfonamides is 1. The SMILES string of the molecule is COC(=O)c1c(NC(=O)C2CCCN(S(=O)(=O)c3ccccc3)C2)sc2c1CCN(C(C)C)C2. The summed E-state index contributed by atoms with van der Waals surface area (Å²) in [5, 5.41) is 3.44. The molecule has 1 atom stereocenters. The fraction of sp³-hybridized carbons (Fsp3) is 0.500. The first-order valence-electron chi connectivity index (χ1n) is 11.5. The highest BCUT2D eigenvalue weighted by molar-refractivity contribution is 7.89. The first-order chi connectivity index (χ1) is 16.2. The van der Waals surface area contributed by atoms with Crippen molar-refractivity contribution in [2.45, 2.75) is 50.6 Å². The zero-order valence-corrected chi connectivity index (χ0v) is 21.4. The molecule has 34 heavy (non-hydrogen) atoms. The van der Waals surface area contributed by atoms with Gasteiger partial charge in [0.05, 0.1) is 23.5 Å². The average Bonchev–Trinajstić information content (AvgIpc) is 3.21. The fourth-order valence-corrected chi connectivity index (χ4v) is 7.41. The molecule has 0 aliphatic carbocycles. The molecule has 2 aliphatic heterocycles. The van der Waals surface area contributed by atoms with Crippen molar-refractivity contribution in [3.63, 3.8) is 0 Å². The summed E-state index contributed by atoms with van der Waals surface area (Å²) in [4.78, 5) is 29.5. The minimum absolute atomic E-state index is 0.114. The second-order valence-electron chi connectivity index (χ2n) is 9.02. The summed E-state index contributed by atoms with van der Waals surface area (Å²) >= 11 is 1.42. The van der Waals surface area contributed by atoms with E-state index in [0.29, 0.717) is 36.0 Å². The number of amides is 1. The van der Waals surface area contributed by atoms with Crippen molar-refractivity contribution in [3.05, 3.63) is 46.3 Å². The molecule has 1 aromatic carbocycles. The number of hydrogen-bond donors (Lipinski definition) is 1. The molecule has 2 aliphatic rings. The molecule has 3 heterocycles. The number of benzene rings is 1. The summed E-state index contributed by atoms with van der Waals surface area (Å²) in [5.74, 6) is -1.22. The number of fused-ring (bicyclic) bond motifs is 1. The van der Waals surface area contributed by atoms with Crippen LogP contribution in [0.25, 0.3) is 0 Å². The maximum Gasteiger partial charge on any atom is 0.341 e. The van der Waals surface area contributed by atoms with Gasteiger partial charge in [0.2, 0.25) is 15.9 Å². The zero-order chi connectivity index (χ0) is 24.5. The molecule has 1 amide bonds. The van der Waals surface area contributed by atoms with E-state index in [1.807, 2.05) is 0 Å². The third-order valence-corrected chi connectivity index (χ3v) is 9.59. The van der Waals surface area contributed by atoms with Crippen LogP contribution in [0.3, 0.4) is 0 Å². The Bertz CT molecular complexity index is 1160. The number of piperidine rings is 1. The summed E-state index contributed by atoms with van der Waals surface area (Å²) < 4.78 is 32.5. The van der Waals surface area contributed by atoms with Gasteiger partial charge in [0.25, 0.3) is 0 Å². The number of carbonyl (C=O) groups excluding carboxylic acids is 2. The van der Waals surface area contributed by atoms with Crippen molar-refractivity contribution < 1.29 is 22.7 Å². The zero-order valence-electron chi connectivity index (χ0n) is 19.7. The molecule has 0 saturated carbocycles. The first kappa shape index (κ1) is 24.8. The molecular formula is C24H31N3O5S2. The van der Waals surface area contributed by atoms with Crippen LogP contribution in [0.4, 0.5) is 5.00 Å². The number of hydrogen-bond acceptors (Lipinski definition) is 7. The Kier molecular flexibility index (Phi) is 7.42. The second kappa shape index (κ2) is 10.2. The molecule has 0 radical (unpaired) electrons. The van der Waals surface area contributed by atoms with E-state index in [9.17, 15) is 18.0 Å². The van der Waals surface area contributed by atoms with Gasteiger partial charge in [-0.25, -0.2) is 13.2 Å². The average molecular weight is 506 g/mol. The molecule has 1 N–H and O–H groups in total. The second-order valence-corrected chi connectivity index (χ2v) is 12.1. The minimum Gasteiger partial charge on any atom is -0.465 e. The highest BCUT2D eigenvalue weighted by Gasteiger charge is 2.35. The number of anilines is 1. The van der Waals surface area contributed by atoms with Crippen LogP contribution in [0.15, 0.2) is 35.2 Å². The fourth-order valence-electron chi connectivity index (χ4n) is 4.60. The van der Waals surface area contributed by atoms with Gasteiger partial charge in [-0.05, 0) is 50.8 Å². The normalized spacial score (nSPS) is 19.6. The van der Waals surface area contributed by atoms with Crippen LogP contribution >= 0.6 is 11.3 Å². The number of nitrogens with zero attached hydrogens (tertiary/aromatic N) is 2. The Morgan fingerprint density at radius 2 is 1.91 bits per heavy atom. The number of methoxy groups -OCH3 is 1. The lowest BCUT2D eigenvalue weighted by Gasteiger charge is -2.31. The Morgan fingerprint density at radius 3 is 2.59 bits per heavy atom. The van der Waals surface area contributed by atoms with Crippen LogP contribution in [-0.2, 0) is 32.5 Å². The van der Waals surface area contributed by atoms with E-state index >= 15 is 0 Å². The predicted molar refractivity (Wildman–Crippen MR) is 131 cm³/mol. The van der Waals surface area contributed by atoms with Crippen LogP contribution < -0.4 is 5.32 Å². The smallest absolute Gasteiger partial charge is 0.341 e. The lowest BCUT2D eigenvalue weighted by molar-refractivity contribution is -0.120. The van der Waals surface area contributed by atoms with Crippen molar-refractivity contribution in [1.29, 1.82) is 0 Å². The van der Waals surface area contributed by atoms with Crippen molar-refractivity contribution in [1.82, 2.24) is 9.21 Å². The Hall–Kier alpha value is -2.27. The van der Waals surface area contributed by atoms with Crippen LogP contribution in [0, 0.1) is 5.92 Å². The lowest BCUT2D eigenvalue weighted by atomic mass is 9.98. The molecule has 1 fully saturated rings. The van der Waals surface area contributed by atoms with Crippen LogP contribution in [0.5, 0.6) is 0 Å². The van der Waals surface area contributed by atoms with Gasteiger partial charge >= 0.3 is 5.97 Å². The molecule has 2 aromatic rings. The molecule has 1 saturated heterocycles. The van der Waals surface area contributed by atoms with Crippen molar-refractivity contribution >= 4 is 38.2 Å². The van der Waals surface area contributed by atoms with Crippen molar-refractivity contribution in [2.75, 3.05) is 32.1 Å². The van der Waals surface area contributed by atoms with E-state index < -0.39 is 21.9 Å². The summed E-state index contributed by atoms with van der Waals surface area (Å²) in [5.41, 5.74) is 1.38. The highest BCUT2D eigenvalue weighted by atomic mass is 32.2. The van der Waals surface area contributed by atoms with Crippen molar-refractivity contribution in [2.24, 2.45) is 5.92 Å². The number of esters is 1.